The first-order valence-electron chi connectivity index (χ1n) is 4.24. The average Bonchev–Trinajstić information content (AvgIpc) is 2.02. The molecule has 0 spiro atoms. The molecule has 1 unspecified atom stereocenters. The minimum Gasteiger partial charge on any atom is -0.447 e. The van der Waals surface area contributed by atoms with Crippen LogP contribution in [0.2, 0.25) is 0 Å². The lowest BCUT2D eigenvalue weighted by atomic mass is 10.4. The third kappa shape index (κ3) is 5.20. The summed E-state index contributed by atoms with van der Waals surface area (Å²) in [6.45, 7) is 11.8. The third-order valence-electron chi connectivity index (χ3n) is 1.58. The molecule has 0 aromatic heterocycles. The van der Waals surface area contributed by atoms with E-state index in [1.54, 1.807) is 12.2 Å². The highest BCUT2D eigenvalue weighted by molar-refractivity contribution is 5.66. The minimum absolute atomic E-state index is 0.228. The summed E-state index contributed by atoms with van der Waals surface area (Å²) >= 11 is 0. The molecule has 0 bridgehead atoms. The van der Waals surface area contributed by atoms with Crippen molar-refractivity contribution in [3.05, 3.63) is 25.3 Å². The number of hydrogen-bond donors (Lipinski definition) is 0. The van der Waals surface area contributed by atoms with Gasteiger partial charge in [-0.2, -0.15) is 0 Å². The van der Waals surface area contributed by atoms with Crippen LogP contribution in [0.4, 0.5) is 0 Å². The summed E-state index contributed by atoms with van der Waals surface area (Å²) in [5.41, 5.74) is 0. The predicted octanol–water partition coefficient (Wildman–Crippen LogP) is 1.57. The SMILES string of the molecule is C=CCN(CC=C)C(C)OC(C)=O. The highest BCUT2D eigenvalue weighted by atomic mass is 16.6. The van der Waals surface area contributed by atoms with Gasteiger partial charge in [-0.1, -0.05) is 12.2 Å². The van der Waals surface area contributed by atoms with Gasteiger partial charge in [-0.15, -0.1) is 13.2 Å². The molecule has 0 radical (unpaired) electrons. The molecule has 0 aliphatic heterocycles. The van der Waals surface area contributed by atoms with Gasteiger partial charge >= 0.3 is 5.97 Å². The molecule has 0 aromatic rings. The first kappa shape index (κ1) is 11.9. The first-order valence-corrected chi connectivity index (χ1v) is 4.24. The van der Waals surface area contributed by atoms with Gasteiger partial charge in [0.25, 0.3) is 0 Å². The molecule has 0 saturated heterocycles. The van der Waals surface area contributed by atoms with Crippen LogP contribution in [-0.4, -0.2) is 30.2 Å². The summed E-state index contributed by atoms with van der Waals surface area (Å²) in [7, 11) is 0. The summed E-state index contributed by atoms with van der Waals surface area (Å²) in [6, 6.07) is 0. The van der Waals surface area contributed by atoms with Crippen molar-refractivity contribution in [2.75, 3.05) is 13.1 Å². The van der Waals surface area contributed by atoms with E-state index in [-0.39, 0.29) is 12.2 Å². The Morgan fingerprint density at radius 2 is 1.92 bits per heavy atom. The van der Waals surface area contributed by atoms with Crippen molar-refractivity contribution in [3.8, 4) is 0 Å². The summed E-state index contributed by atoms with van der Waals surface area (Å²) in [5.74, 6) is -0.273. The summed E-state index contributed by atoms with van der Waals surface area (Å²) < 4.78 is 5.01. The van der Waals surface area contributed by atoms with Crippen molar-refractivity contribution in [2.24, 2.45) is 0 Å². The number of nitrogens with zero attached hydrogens (tertiary/aromatic N) is 1. The molecule has 3 nitrogen and oxygen atoms in total. The highest BCUT2D eigenvalue weighted by Crippen LogP contribution is 2.01. The van der Waals surface area contributed by atoms with E-state index in [1.165, 1.54) is 6.92 Å². The van der Waals surface area contributed by atoms with Crippen molar-refractivity contribution in [3.63, 3.8) is 0 Å². The maximum atomic E-state index is 10.7. The minimum atomic E-state index is -0.273. The maximum Gasteiger partial charge on any atom is 0.304 e. The van der Waals surface area contributed by atoms with Gasteiger partial charge in [0.1, 0.15) is 0 Å². The lowest BCUT2D eigenvalue weighted by Gasteiger charge is -2.25. The van der Waals surface area contributed by atoms with E-state index in [9.17, 15) is 4.79 Å². The standard InChI is InChI=1S/C10H17NO2/c1-5-7-11(8-6-2)9(3)13-10(4)12/h5-6,9H,1-2,7-8H2,3-4H3. The molecule has 0 rings (SSSR count). The van der Waals surface area contributed by atoms with Gasteiger partial charge in [-0.3, -0.25) is 9.69 Å². The molecule has 74 valence electrons. The lowest BCUT2D eigenvalue weighted by molar-refractivity contribution is -0.153. The second-order valence-electron chi connectivity index (χ2n) is 2.74. The Labute approximate surface area is 79.7 Å². The quantitative estimate of drug-likeness (QED) is 0.355. The largest absolute Gasteiger partial charge is 0.447 e. The molecule has 3 heteroatoms. The van der Waals surface area contributed by atoms with Gasteiger partial charge in [0.15, 0.2) is 6.23 Å². The highest BCUT2D eigenvalue weighted by Gasteiger charge is 2.12. The fourth-order valence-electron chi connectivity index (χ4n) is 1.02. The first-order chi connectivity index (χ1) is 6.11. The van der Waals surface area contributed by atoms with Gasteiger partial charge in [-0.05, 0) is 6.92 Å². The van der Waals surface area contributed by atoms with Crippen LogP contribution < -0.4 is 0 Å². The van der Waals surface area contributed by atoms with Crippen LogP contribution in [0, 0.1) is 0 Å². The molecule has 1 atom stereocenters. The zero-order chi connectivity index (χ0) is 10.3. The summed E-state index contributed by atoms with van der Waals surface area (Å²) in [4.78, 5) is 12.6. The van der Waals surface area contributed by atoms with E-state index in [4.69, 9.17) is 4.74 Å². The second kappa shape index (κ2) is 6.43. The smallest absolute Gasteiger partial charge is 0.304 e. The Bertz CT molecular complexity index is 179. The van der Waals surface area contributed by atoms with E-state index >= 15 is 0 Å². The topological polar surface area (TPSA) is 29.5 Å². The Balaban J connectivity index is 4.08. The molecule has 0 N–H and O–H groups in total. The molecule has 13 heavy (non-hydrogen) atoms. The number of carbonyl (C=O) groups excluding carboxylic acids is 1. The number of esters is 1. The average molecular weight is 183 g/mol. The fourth-order valence-corrected chi connectivity index (χ4v) is 1.02. The number of ether oxygens (including phenoxy) is 1. The normalized spacial score (nSPS) is 12.2. The van der Waals surface area contributed by atoms with Crippen LogP contribution in [0.5, 0.6) is 0 Å². The molecule has 0 aromatic carbocycles. The van der Waals surface area contributed by atoms with E-state index in [0.29, 0.717) is 13.1 Å². The van der Waals surface area contributed by atoms with E-state index in [0.717, 1.165) is 0 Å². The van der Waals surface area contributed by atoms with Crippen molar-refractivity contribution < 1.29 is 9.53 Å². The second-order valence-corrected chi connectivity index (χ2v) is 2.74. The molecule has 0 aliphatic rings. The van der Waals surface area contributed by atoms with Gasteiger partial charge in [-0.25, -0.2) is 0 Å². The van der Waals surface area contributed by atoms with Crippen LogP contribution >= 0.6 is 0 Å². The van der Waals surface area contributed by atoms with Crippen molar-refractivity contribution in [1.82, 2.24) is 4.90 Å². The molecule has 0 amide bonds. The monoisotopic (exact) mass is 183 g/mol. The molecule has 0 heterocycles. The molecule has 0 fully saturated rings. The Morgan fingerprint density at radius 1 is 1.46 bits per heavy atom. The summed E-state index contributed by atoms with van der Waals surface area (Å²) in [6.07, 6.45) is 3.31. The van der Waals surface area contributed by atoms with Gasteiger partial charge in [0, 0.05) is 20.0 Å². The van der Waals surface area contributed by atoms with Gasteiger partial charge in [0.2, 0.25) is 0 Å². The Kier molecular flexibility index (Phi) is 5.89. The molecular weight excluding hydrogens is 166 g/mol. The number of rotatable bonds is 6. The van der Waals surface area contributed by atoms with E-state index < -0.39 is 0 Å². The van der Waals surface area contributed by atoms with Crippen molar-refractivity contribution in [1.29, 1.82) is 0 Å². The predicted molar refractivity (Wildman–Crippen MR) is 53.2 cm³/mol. The van der Waals surface area contributed by atoms with Crippen molar-refractivity contribution in [2.45, 2.75) is 20.1 Å². The third-order valence-corrected chi connectivity index (χ3v) is 1.58. The van der Waals surface area contributed by atoms with Crippen LogP contribution in [-0.2, 0) is 9.53 Å². The Hall–Kier alpha value is -1.09. The molecule has 0 saturated carbocycles. The lowest BCUT2D eigenvalue weighted by Crippen LogP contribution is -2.36. The van der Waals surface area contributed by atoms with Crippen LogP contribution in [0.3, 0.4) is 0 Å². The van der Waals surface area contributed by atoms with Crippen LogP contribution in [0.25, 0.3) is 0 Å². The molecular formula is C10H17NO2. The van der Waals surface area contributed by atoms with E-state index in [2.05, 4.69) is 13.2 Å². The van der Waals surface area contributed by atoms with Crippen molar-refractivity contribution >= 4 is 5.97 Å². The van der Waals surface area contributed by atoms with Gasteiger partial charge < -0.3 is 4.74 Å². The Morgan fingerprint density at radius 3 is 2.23 bits per heavy atom. The van der Waals surface area contributed by atoms with E-state index in [1.807, 2.05) is 11.8 Å². The van der Waals surface area contributed by atoms with Crippen LogP contribution in [0.1, 0.15) is 13.8 Å². The zero-order valence-corrected chi connectivity index (χ0v) is 8.32. The zero-order valence-electron chi connectivity index (χ0n) is 8.32. The maximum absolute atomic E-state index is 10.7. The van der Waals surface area contributed by atoms with Gasteiger partial charge in [0.05, 0.1) is 0 Å². The number of hydrogen-bond acceptors (Lipinski definition) is 3. The number of carbonyl (C=O) groups is 1. The summed E-state index contributed by atoms with van der Waals surface area (Å²) in [5, 5.41) is 0. The van der Waals surface area contributed by atoms with Crippen LogP contribution in [0.15, 0.2) is 25.3 Å². The fraction of sp³-hybridized carbons (Fsp3) is 0.500. The molecule has 0 aliphatic carbocycles.